The van der Waals surface area contributed by atoms with Crippen LogP contribution in [-0.2, 0) is 5.41 Å². The highest BCUT2D eigenvalue weighted by atomic mass is 35.6. The van der Waals surface area contributed by atoms with Crippen LogP contribution in [0.15, 0.2) is 24.3 Å². The Morgan fingerprint density at radius 1 is 1.13 bits per heavy atom. The van der Waals surface area contributed by atoms with Crippen molar-refractivity contribution >= 4 is 40.7 Å². The summed E-state index contributed by atoms with van der Waals surface area (Å²) in [4.78, 5) is 12.4. The molecule has 0 saturated carbocycles. The van der Waals surface area contributed by atoms with E-state index in [1.165, 1.54) is 0 Å². The van der Waals surface area contributed by atoms with Crippen molar-refractivity contribution in [3.8, 4) is 0 Å². The van der Waals surface area contributed by atoms with Crippen molar-refractivity contribution in [2.45, 2.75) is 55.9 Å². The highest BCUT2D eigenvalue weighted by molar-refractivity contribution is 6.68. The molecule has 3 nitrogen and oxygen atoms in total. The van der Waals surface area contributed by atoms with E-state index < -0.39 is 9.96 Å². The zero-order valence-corrected chi connectivity index (χ0v) is 16.3. The van der Waals surface area contributed by atoms with Crippen molar-refractivity contribution in [1.82, 2.24) is 10.6 Å². The van der Waals surface area contributed by atoms with Gasteiger partial charge in [-0.2, -0.15) is 0 Å². The Balaban J connectivity index is 2.78. The minimum Gasteiger partial charge on any atom is -0.333 e. The second-order valence-corrected chi connectivity index (χ2v) is 8.95. The van der Waals surface area contributed by atoms with Crippen LogP contribution in [0, 0.1) is 0 Å². The highest BCUT2D eigenvalue weighted by Gasteiger charge is 2.33. The Hall–Kier alpha value is -0.480. The van der Waals surface area contributed by atoms with Crippen molar-refractivity contribution in [2.24, 2.45) is 0 Å². The van der Waals surface area contributed by atoms with E-state index in [0.29, 0.717) is 12.1 Å². The Kier molecular flexibility index (Phi) is 7.66. The number of alkyl halides is 3. The van der Waals surface area contributed by atoms with E-state index in [2.05, 4.69) is 38.3 Å². The minimum atomic E-state index is -1.62. The fourth-order valence-corrected chi connectivity index (χ4v) is 2.40. The summed E-state index contributed by atoms with van der Waals surface area (Å²) in [5.74, 6) is -0.272. The number of rotatable bonds is 6. The lowest BCUT2D eigenvalue weighted by Gasteiger charge is -2.27. The van der Waals surface area contributed by atoms with Gasteiger partial charge < -0.3 is 5.32 Å². The molecule has 0 unspecified atom stereocenters. The Bertz CT molecular complexity index is 504. The number of halogens is 3. The molecule has 1 atom stereocenters. The standard InChI is InChI=1S/C17H25Cl3N2O/c1-5-6-11-21-15(17(18,19)20)22-14(23)12-7-9-13(10-8-12)16(2,3)4/h7-10,15,21H,5-6,11H2,1-4H3,(H,22,23)/t15-/m1/s1. The number of hydrogen-bond acceptors (Lipinski definition) is 2. The first-order chi connectivity index (χ1) is 10.6. The normalized spacial score (nSPS) is 13.7. The third-order valence-electron chi connectivity index (χ3n) is 3.49. The van der Waals surface area contributed by atoms with Crippen molar-refractivity contribution in [2.75, 3.05) is 6.54 Å². The van der Waals surface area contributed by atoms with Gasteiger partial charge in [-0.15, -0.1) is 0 Å². The minimum absolute atomic E-state index is 0.0385. The van der Waals surface area contributed by atoms with Crippen LogP contribution in [0.4, 0.5) is 0 Å². The largest absolute Gasteiger partial charge is 0.333 e. The number of carbonyl (C=O) groups is 1. The molecular formula is C17H25Cl3N2O. The van der Waals surface area contributed by atoms with Crippen LogP contribution in [0.2, 0.25) is 0 Å². The van der Waals surface area contributed by atoms with Crippen molar-refractivity contribution in [3.63, 3.8) is 0 Å². The molecule has 23 heavy (non-hydrogen) atoms. The van der Waals surface area contributed by atoms with Gasteiger partial charge in [0.1, 0.15) is 6.17 Å². The quantitative estimate of drug-likeness (QED) is 0.423. The van der Waals surface area contributed by atoms with Gasteiger partial charge in [-0.3, -0.25) is 10.1 Å². The monoisotopic (exact) mass is 378 g/mol. The van der Waals surface area contributed by atoms with Crippen molar-refractivity contribution in [1.29, 1.82) is 0 Å². The molecule has 0 aromatic heterocycles. The predicted octanol–water partition coefficient (Wildman–Crippen LogP) is 4.80. The summed E-state index contributed by atoms with van der Waals surface area (Å²) in [6.07, 6.45) is 1.21. The maximum absolute atomic E-state index is 12.4. The summed E-state index contributed by atoms with van der Waals surface area (Å²) >= 11 is 17.8. The van der Waals surface area contributed by atoms with E-state index in [9.17, 15) is 4.79 Å². The van der Waals surface area contributed by atoms with Crippen LogP contribution < -0.4 is 10.6 Å². The predicted molar refractivity (Wildman–Crippen MR) is 99.6 cm³/mol. The van der Waals surface area contributed by atoms with E-state index in [4.69, 9.17) is 34.8 Å². The average Bonchev–Trinajstić information content (AvgIpc) is 2.44. The van der Waals surface area contributed by atoms with E-state index in [1.54, 1.807) is 12.1 Å². The van der Waals surface area contributed by atoms with Crippen LogP contribution >= 0.6 is 34.8 Å². The first-order valence-corrected chi connectivity index (χ1v) is 8.90. The van der Waals surface area contributed by atoms with E-state index in [0.717, 1.165) is 18.4 Å². The van der Waals surface area contributed by atoms with Crippen molar-refractivity contribution < 1.29 is 4.79 Å². The van der Waals surface area contributed by atoms with Crippen LogP contribution in [0.1, 0.15) is 56.5 Å². The lowest BCUT2D eigenvalue weighted by molar-refractivity contribution is 0.0929. The van der Waals surface area contributed by atoms with Crippen LogP contribution in [0.3, 0.4) is 0 Å². The number of hydrogen-bond donors (Lipinski definition) is 2. The molecule has 0 spiro atoms. The smallest absolute Gasteiger partial charge is 0.252 e. The molecule has 1 amide bonds. The lowest BCUT2D eigenvalue weighted by atomic mass is 9.87. The molecule has 0 saturated heterocycles. The molecule has 0 radical (unpaired) electrons. The zero-order chi connectivity index (χ0) is 17.7. The van der Waals surface area contributed by atoms with Crippen LogP contribution in [0.5, 0.6) is 0 Å². The van der Waals surface area contributed by atoms with Gasteiger partial charge in [0.2, 0.25) is 3.79 Å². The molecule has 130 valence electrons. The third-order valence-corrected chi connectivity index (χ3v) is 4.15. The molecule has 6 heteroatoms. The maximum atomic E-state index is 12.4. The first kappa shape index (κ1) is 20.6. The fraction of sp³-hybridized carbons (Fsp3) is 0.588. The number of benzene rings is 1. The summed E-state index contributed by atoms with van der Waals surface area (Å²) in [6.45, 7) is 9.11. The molecule has 0 aliphatic carbocycles. The number of carbonyl (C=O) groups excluding carboxylic acids is 1. The molecule has 0 bridgehead atoms. The topological polar surface area (TPSA) is 41.1 Å². The van der Waals surface area contributed by atoms with Gasteiger partial charge in [0.25, 0.3) is 5.91 Å². The summed E-state index contributed by atoms with van der Waals surface area (Å²) in [5, 5.41) is 5.81. The van der Waals surface area contributed by atoms with Gasteiger partial charge in [-0.1, -0.05) is 81.1 Å². The summed E-state index contributed by atoms with van der Waals surface area (Å²) < 4.78 is -1.62. The molecule has 1 rings (SSSR count). The lowest BCUT2D eigenvalue weighted by Crippen LogP contribution is -2.53. The fourth-order valence-electron chi connectivity index (χ4n) is 2.01. The zero-order valence-electron chi connectivity index (χ0n) is 14.1. The van der Waals surface area contributed by atoms with Gasteiger partial charge >= 0.3 is 0 Å². The number of unbranched alkanes of at least 4 members (excludes halogenated alkanes) is 1. The number of amides is 1. The van der Waals surface area contributed by atoms with Crippen molar-refractivity contribution in [3.05, 3.63) is 35.4 Å². The molecule has 1 aromatic rings. The molecule has 1 aromatic carbocycles. The molecule has 2 N–H and O–H groups in total. The summed E-state index contributed by atoms with van der Waals surface area (Å²) in [7, 11) is 0. The summed E-state index contributed by atoms with van der Waals surface area (Å²) in [5.41, 5.74) is 1.74. The molecule has 0 aliphatic rings. The Labute approximate surface area is 154 Å². The SMILES string of the molecule is CCCCN[C@H](NC(=O)c1ccc(C(C)(C)C)cc1)C(Cl)(Cl)Cl. The van der Waals surface area contributed by atoms with Gasteiger partial charge in [0.15, 0.2) is 0 Å². The molecule has 0 aliphatic heterocycles. The van der Waals surface area contributed by atoms with Crippen LogP contribution in [0.25, 0.3) is 0 Å². The first-order valence-electron chi connectivity index (χ1n) is 7.77. The number of nitrogens with one attached hydrogen (secondary N) is 2. The highest BCUT2D eigenvalue weighted by Crippen LogP contribution is 2.29. The van der Waals surface area contributed by atoms with Gasteiger partial charge in [-0.25, -0.2) is 0 Å². The Morgan fingerprint density at radius 3 is 2.13 bits per heavy atom. The molecule has 0 heterocycles. The van der Waals surface area contributed by atoms with Gasteiger partial charge in [-0.05, 0) is 36.1 Å². The van der Waals surface area contributed by atoms with Gasteiger partial charge in [0.05, 0.1) is 0 Å². The molecular weight excluding hydrogens is 355 g/mol. The van der Waals surface area contributed by atoms with Crippen LogP contribution in [-0.4, -0.2) is 22.4 Å². The molecule has 0 fully saturated rings. The third kappa shape index (κ3) is 6.88. The maximum Gasteiger partial charge on any atom is 0.252 e. The Morgan fingerprint density at radius 2 is 1.70 bits per heavy atom. The van der Waals surface area contributed by atoms with E-state index >= 15 is 0 Å². The van der Waals surface area contributed by atoms with E-state index in [1.807, 2.05) is 12.1 Å². The van der Waals surface area contributed by atoms with Gasteiger partial charge in [0, 0.05) is 5.56 Å². The summed E-state index contributed by atoms with van der Waals surface area (Å²) in [6, 6.07) is 7.47. The second kappa shape index (κ2) is 8.57. The second-order valence-electron chi connectivity index (χ2n) is 6.58. The van der Waals surface area contributed by atoms with E-state index in [-0.39, 0.29) is 11.3 Å². The average molecular weight is 380 g/mol.